The molecule has 9 nitrogen and oxygen atoms in total. The van der Waals surface area contributed by atoms with Crippen molar-refractivity contribution >= 4 is 21.8 Å². The number of nitrogens with one attached hydrogen (secondary N) is 1. The van der Waals surface area contributed by atoms with Crippen LogP contribution in [0, 0.1) is 0 Å². The Morgan fingerprint density at radius 1 is 1.13 bits per heavy atom. The fourth-order valence-corrected chi connectivity index (χ4v) is 4.38. The average Bonchev–Trinajstić information content (AvgIpc) is 2.75. The van der Waals surface area contributed by atoms with E-state index in [-0.39, 0.29) is 29.9 Å². The van der Waals surface area contributed by atoms with Gasteiger partial charge in [-0.25, -0.2) is 13.1 Å². The molecule has 1 saturated heterocycles. The Balaban J connectivity index is 1.96. The number of piperazine rings is 1. The third-order valence-electron chi connectivity index (χ3n) is 5.12. The highest BCUT2D eigenvalue weighted by atomic mass is 32.2. The van der Waals surface area contributed by atoms with Gasteiger partial charge in [-0.05, 0) is 32.0 Å². The zero-order chi connectivity index (χ0) is 22.1. The second-order valence-electron chi connectivity index (χ2n) is 7.05. The van der Waals surface area contributed by atoms with E-state index >= 15 is 0 Å². The molecule has 1 aliphatic rings. The first-order valence-electron chi connectivity index (χ1n) is 10.2. The van der Waals surface area contributed by atoms with Crippen molar-refractivity contribution in [1.29, 1.82) is 0 Å². The predicted molar refractivity (Wildman–Crippen MR) is 114 cm³/mol. The van der Waals surface area contributed by atoms with Crippen LogP contribution in [0.25, 0.3) is 0 Å². The summed E-state index contributed by atoms with van der Waals surface area (Å²) in [4.78, 5) is 30.7. The van der Waals surface area contributed by atoms with Gasteiger partial charge < -0.3 is 14.5 Å². The third-order valence-corrected chi connectivity index (χ3v) is 6.58. The fraction of sp³-hybridized carbons (Fsp3) is 0.600. The Labute approximate surface area is 179 Å². The van der Waals surface area contributed by atoms with Crippen molar-refractivity contribution in [2.45, 2.75) is 18.7 Å². The molecular formula is C20H32N4O5S. The second-order valence-corrected chi connectivity index (χ2v) is 8.82. The van der Waals surface area contributed by atoms with Crippen LogP contribution in [0.4, 0.5) is 0 Å². The van der Waals surface area contributed by atoms with Crippen molar-refractivity contribution in [1.82, 2.24) is 19.4 Å². The molecular weight excluding hydrogens is 408 g/mol. The molecule has 1 N–H and O–H groups in total. The number of amides is 2. The van der Waals surface area contributed by atoms with E-state index in [9.17, 15) is 18.0 Å². The molecule has 0 saturated carbocycles. The van der Waals surface area contributed by atoms with Gasteiger partial charge >= 0.3 is 0 Å². The first-order chi connectivity index (χ1) is 14.3. The molecule has 2 amide bonds. The normalized spacial score (nSPS) is 15.2. The molecule has 0 aromatic heterocycles. The molecule has 1 fully saturated rings. The Morgan fingerprint density at radius 3 is 2.40 bits per heavy atom. The minimum atomic E-state index is -3.71. The van der Waals surface area contributed by atoms with Crippen LogP contribution in [0.3, 0.4) is 0 Å². The second kappa shape index (κ2) is 11.4. The van der Waals surface area contributed by atoms with Gasteiger partial charge in [-0.1, -0.05) is 6.07 Å². The Hall–Kier alpha value is -2.01. The van der Waals surface area contributed by atoms with Crippen molar-refractivity contribution < 1.29 is 22.7 Å². The number of nitrogens with zero attached hydrogens (tertiary/aromatic N) is 3. The lowest BCUT2D eigenvalue weighted by atomic mass is 10.2. The summed E-state index contributed by atoms with van der Waals surface area (Å²) in [5, 5.41) is 0. The summed E-state index contributed by atoms with van der Waals surface area (Å²) in [5.41, 5.74) is 0.331. The molecule has 1 aliphatic heterocycles. The van der Waals surface area contributed by atoms with Crippen molar-refractivity contribution in [3.8, 4) is 0 Å². The van der Waals surface area contributed by atoms with Gasteiger partial charge in [0.2, 0.25) is 15.9 Å². The van der Waals surface area contributed by atoms with Crippen molar-refractivity contribution in [2.24, 2.45) is 0 Å². The molecule has 10 heteroatoms. The van der Waals surface area contributed by atoms with Crippen LogP contribution in [0.2, 0.25) is 0 Å². The van der Waals surface area contributed by atoms with Crippen LogP contribution in [-0.2, 0) is 19.6 Å². The standard InChI is InChI=1S/C20H32N4O5S/c1-4-23(5-2)19(25)16-22-10-12-24(13-11-22)20(26)17-7-6-8-18(15-17)30(27,28)21-9-14-29-3/h6-8,15,21H,4-5,9-14,16H2,1-3H3. The first kappa shape index (κ1) is 24.3. The van der Waals surface area contributed by atoms with Gasteiger partial charge in [0.15, 0.2) is 0 Å². The lowest BCUT2D eigenvalue weighted by molar-refractivity contribution is -0.132. The smallest absolute Gasteiger partial charge is 0.253 e. The highest BCUT2D eigenvalue weighted by Crippen LogP contribution is 2.15. The SMILES string of the molecule is CCN(CC)C(=O)CN1CCN(C(=O)c2cccc(S(=O)(=O)NCCOC)c2)CC1. The maximum absolute atomic E-state index is 12.9. The van der Waals surface area contributed by atoms with Crippen LogP contribution in [0.5, 0.6) is 0 Å². The molecule has 2 rings (SSSR count). The minimum Gasteiger partial charge on any atom is -0.383 e. The number of rotatable bonds is 10. The third kappa shape index (κ3) is 6.49. The van der Waals surface area contributed by atoms with Crippen LogP contribution >= 0.6 is 0 Å². The van der Waals surface area contributed by atoms with Gasteiger partial charge in [0.1, 0.15) is 0 Å². The molecule has 1 aromatic rings. The Morgan fingerprint density at radius 2 is 1.80 bits per heavy atom. The summed E-state index contributed by atoms with van der Waals surface area (Å²) in [5.74, 6) is -0.114. The zero-order valence-electron chi connectivity index (χ0n) is 18.0. The molecule has 0 radical (unpaired) electrons. The van der Waals surface area contributed by atoms with E-state index in [1.807, 2.05) is 18.7 Å². The van der Waals surface area contributed by atoms with Crippen LogP contribution in [-0.4, -0.2) is 101 Å². The van der Waals surface area contributed by atoms with E-state index in [0.29, 0.717) is 51.4 Å². The molecule has 1 aromatic carbocycles. The Bertz CT molecular complexity index is 818. The molecule has 0 atom stereocenters. The maximum atomic E-state index is 12.9. The van der Waals surface area contributed by atoms with Crippen molar-refractivity contribution in [3.05, 3.63) is 29.8 Å². The van der Waals surface area contributed by atoms with Gasteiger partial charge in [0, 0.05) is 58.5 Å². The molecule has 0 aliphatic carbocycles. The largest absolute Gasteiger partial charge is 0.383 e. The zero-order valence-corrected chi connectivity index (χ0v) is 18.8. The minimum absolute atomic E-state index is 0.0490. The highest BCUT2D eigenvalue weighted by Gasteiger charge is 2.25. The van der Waals surface area contributed by atoms with E-state index in [4.69, 9.17) is 4.74 Å². The lowest BCUT2D eigenvalue weighted by Crippen LogP contribution is -2.51. The monoisotopic (exact) mass is 440 g/mol. The number of benzene rings is 1. The van der Waals surface area contributed by atoms with E-state index in [1.165, 1.54) is 19.2 Å². The lowest BCUT2D eigenvalue weighted by Gasteiger charge is -2.35. The molecule has 1 heterocycles. The van der Waals surface area contributed by atoms with Crippen LogP contribution < -0.4 is 4.72 Å². The van der Waals surface area contributed by atoms with Gasteiger partial charge in [-0.15, -0.1) is 0 Å². The first-order valence-corrected chi connectivity index (χ1v) is 11.7. The van der Waals surface area contributed by atoms with E-state index in [2.05, 4.69) is 4.72 Å². The predicted octanol–water partition coefficient (Wildman–Crippen LogP) is 0.238. The van der Waals surface area contributed by atoms with Gasteiger partial charge in [0.05, 0.1) is 18.0 Å². The summed E-state index contributed by atoms with van der Waals surface area (Å²) >= 11 is 0. The molecule has 0 unspecified atom stereocenters. The van der Waals surface area contributed by atoms with Crippen molar-refractivity contribution in [2.75, 3.05) is 66.1 Å². The van der Waals surface area contributed by atoms with Gasteiger partial charge in [-0.3, -0.25) is 14.5 Å². The number of ether oxygens (including phenoxy) is 1. The molecule has 168 valence electrons. The number of hydrogen-bond donors (Lipinski definition) is 1. The number of carbonyl (C=O) groups is 2. The topological polar surface area (TPSA) is 99.3 Å². The molecule has 0 spiro atoms. The summed E-state index contributed by atoms with van der Waals surface area (Å²) in [6.45, 7) is 8.26. The van der Waals surface area contributed by atoms with Gasteiger partial charge in [-0.2, -0.15) is 0 Å². The van der Waals surface area contributed by atoms with E-state index in [0.717, 1.165) is 0 Å². The highest BCUT2D eigenvalue weighted by molar-refractivity contribution is 7.89. The van der Waals surface area contributed by atoms with Crippen LogP contribution in [0.1, 0.15) is 24.2 Å². The summed E-state index contributed by atoms with van der Waals surface area (Å²) in [6, 6.07) is 6.04. The maximum Gasteiger partial charge on any atom is 0.253 e. The number of sulfonamides is 1. The molecule has 30 heavy (non-hydrogen) atoms. The summed E-state index contributed by atoms with van der Waals surface area (Å²) in [6.07, 6.45) is 0. The van der Waals surface area contributed by atoms with Crippen LogP contribution in [0.15, 0.2) is 29.2 Å². The van der Waals surface area contributed by atoms with E-state index in [1.54, 1.807) is 21.9 Å². The number of methoxy groups -OCH3 is 1. The van der Waals surface area contributed by atoms with Gasteiger partial charge in [0.25, 0.3) is 5.91 Å². The summed E-state index contributed by atoms with van der Waals surface area (Å²) in [7, 11) is -2.21. The Kier molecular flexibility index (Phi) is 9.22. The number of likely N-dealkylation sites (N-methyl/N-ethyl adjacent to an activating group) is 1. The van der Waals surface area contributed by atoms with Crippen molar-refractivity contribution in [3.63, 3.8) is 0 Å². The average molecular weight is 441 g/mol. The number of hydrogen-bond acceptors (Lipinski definition) is 6. The quantitative estimate of drug-likeness (QED) is 0.523. The number of carbonyl (C=O) groups excluding carboxylic acids is 2. The molecule has 0 bridgehead atoms. The fourth-order valence-electron chi connectivity index (χ4n) is 3.32. The summed E-state index contributed by atoms with van der Waals surface area (Å²) < 4.78 is 32.0. The van der Waals surface area contributed by atoms with E-state index < -0.39 is 10.0 Å².